The molecule has 0 fully saturated rings. The van der Waals surface area contributed by atoms with E-state index in [9.17, 15) is 4.39 Å². The molecule has 4 heteroatoms. The van der Waals surface area contributed by atoms with Gasteiger partial charge in [0.25, 0.3) is 0 Å². The molecule has 1 unspecified atom stereocenters. The Kier molecular flexibility index (Phi) is 4.44. The summed E-state index contributed by atoms with van der Waals surface area (Å²) in [6.07, 6.45) is 2.03. The Balaban J connectivity index is 2.72. The van der Waals surface area contributed by atoms with Crippen LogP contribution in [0.5, 0.6) is 0 Å². The van der Waals surface area contributed by atoms with Crippen molar-refractivity contribution in [1.82, 2.24) is 0 Å². The lowest BCUT2D eigenvalue weighted by Gasteiger charge is -2.13. The van der Waals surface area contributed by atoms with Crippen molar-refractivity contribution in [2.24, 2.45) is 0 Å². The van der Waals surface area contributed by atoms with E-state index in [1.807, 2.05) is 13.2 Å². The fourth-order valence-electron chi connectivity index (χ4n) is 1.27. The van der Waals surface area contributed by atoms with Crippen LogP contribution in [0, 0.1) is 17.1 Å². The highest BCUT2D eigenvalue weighted by molar-refractivity contribution is 7.98. The number of benzene rings is 1. The normalized spacial score (nSPS) is 11.9. The molecule has 0 heterocycles. The fourth-order valence-corrected chi connectivity index (χ4v) is 1.86. The zero-order chi connectivity index (χ0) is 11.3. The number of hydrogen-bond donors (Lipinski definition) is 1. The van der Waals surface area contributed by atoms with Crippen molar-refractivity contribution < 1.29 is 4.39 Å². The van der Waals surface area contributed by atoms with Crippen molar-refractivity contribution in [2.45, 2.75) is 13.0 Å². The number of hydrogen-bond acceptors (Lipinski definition) is 3. The Bertz CT molecular complexity index is 373. The molecular formula is C11H13FN2S. The Morgan fingerprint density at radius 3 is 2.87 bits per heavy atom. The van der Waals surface area contributed by atoms with Gasteiger partial charge in [-0.1, -0.05) is 0 Å². The first-order valence-electron chi connectivity index (χ1n) is 4.62. The molecule has 0 radical (unpaired) electrons. The molecule has 0 aromatic heterocycles. The quantitative estimate of drug-likeness (QED) is 0.854. The second-order valence-corrected chi connectivity index (χ2v) is 4.22. The van der Waals surface area contributed by atoms with Gasteiger partial charge in [-0.2, -0.15) is 17.0 Å². The van der Waals surface area contributed by atoms with Gasteiger partial charge in [0.2, 0.25) is 0 Å². The molecular weight excluding hydrogens is 211 g/mol. The van der Waals surface area contributed by atoms with Gasteiger partial charge >= 0.3 is 0 Å². The van der Waals surface area contributed by atoms with E-state index in [0.29, 0.717) is 5.69 Å². The monoisotopic (exact) mass is 224 g/mol. The van der Waals surface area contributed by atoms with Crippen molar-refractivity contribution in [3.63, 3.8) is 0 Å². The van der Waals surface area contributed by atoms with Gasteiger partial charge in [-0.15, -0.1) is 0 Å². The molecule has 0 saturated carbocycles. The number of thioether (sulfide) groups is 1. The molecule has 1 atom stereocenters. The second kappa shape index (κ2) is 5.62. The van der Waals surface area contributed by atoms with Crippen LogP contribution in [0.25, 0.3) is 0 Å². The molecule has 1 aromatic rings. The van der Waals surface area contributed by atoms with Crippen LogP contribution < -0.4 is 5.32 Å². The van der Waals surface area contributed by atoms with Crippen LogP contribution in [-0.2, 0) is 0 Å². The Labute approximate surface area is 93.5 Å². The molecule has 0 spiro atoms. The number of rotatable bonds is 4. The minimum absolute atomic E-state index is 0.0815. The second-order valence-electron chi connectivity index (χ2n) is 3.31. The first-order valence-corrected chi connectivity index (χ1v) is 6.02. The van der Waals surface area contributed by atoms with E-state index in [0.717, 1.165) is 5.75 Å². The maximum Gasteiger partial charge on any atom is 0.143 e. The molecule has 80 valence electrons. The molecule has 0 aliphatic carbocycles. The minimum atomic E-state index is -0.473. The number of nitrogens with zero attached hydrogens (tertiary/aromatic N) is 1. The van der Waals surface area contributed by atoms with E-state index in [2.05, 4.69) is 5.32 Å². The number of nitriles is 1. The maximum atomic E-state index is 13.2. The number of halogens is 1. The van der Waals surface area contributed by atoms with Crippen molar-refractivity contribution in [2.75, 3.05) is 17.3 Å². The highest BCUT2D eigenvalue weighted by Gasteiger charge is 2.04. The van der Waals surface area contributed by atoms with Gasteiger partial charge in [-0.05, 0) is 31.4 Å². The van der Waals surface area contributed by atoms with Gasteiger partial charge in [0.05, 0.1) is 5.56 Å². The highest BCUT2D eigenvalue weighted by atomic mass is 32.2. The van der Waals surface area contributed by atoms with Crippen LogP contribution in [0.3, 0.4) is 0 Å². The average Bonchev–Trinajstić information content (AvgIpc) is 2.18. The molecule has 0 aliphatic rings. The van der Waals surface area contributed by atoms with Crippen LogP contribution in [-0.4, -0.2) is 18.1 Å². The topological polar surface area (TPSA) is 35.8 Å². The first-order chi connectivity index (χ1) is 7.17. The third-order valence-electron chi connectivity index (χ3n) is 1.92. The summed E-state index contributed by atoms with van der Waals surface area (Å²) in [6.45, 7) is 2.03. The van der Waals surface area contributed by atoms with E-state index in [4.69, 9.17) is 5.26 Å². The highest BCUT2D eigenvalue weighted by Crippen LogP contribution is 2.15. The summed E-state index contributed by atoms with van der Waals surface area (Å²) in [4.78, 5) is 0. The van der Waals surface area contributed by atoms with Crippen molar-refractivity contribution in [3.8, 4) is 6.07 Å². The molecule has 1 rings (SSSR count). The SMILES string of the molecule is CSCC(C)Nc1ccc(C#N)c(F)c1. The standard InChI is InChI=1S/C11H13FN2S/c1-8(7-15-2)14-10-4-3-9(6-13)11(12)5-10/h3-5,8,14H,7H2,1-2H3. The van der Waals surface area contributed by atoms with E-state index in [1.54, 1.807) is 23.9 Å². The third-order valence-corrected chi connectivity index (χ3v) is 2.75. The molecule has 0 bridgehead atoms. The van der Waals surface area contributed by atoms with E-state index in [1.165, 1.54) is 12.1 Å². The Morgan fingerprint density at radius 1 is 1.60 bits per heavy atom. The zero-order valence-electron chi connectivity index (χ0n) is 8.75. The van der Waals surface area contributed by atoms with E-state index >= 15 is 0 Å². The lowest BCUT2D eigenvalue weighted by Crippen LogP contribution is -2.17. The summed E-state index contributed by atoms with van der Waals surface area (Å²) in [5.41, 5.74) is 0.797. The zero-order valence-corrected chi connectivity index (χ0v) is 9.57. The van der Waals surface area contributed by atoms with Gasteiger partial charge in [0.1, 0.15) is 11.9 Å². The number of nitrogens with one attached hydrogen (secondary N) is 1. The van der Waals surface area contributed by atoms with Crippen LogP contribution in [0.2, 0.25) is 0 Å². The van der Waals surface area contributed by atoms with Crippen LogP contribution in [0.15, 0.2) is 18.2 Å². The average molecular weight is 224 g/mol. The van der Waals surface area contributed by atoms with Gasteiger partial charge in [-0.25, -0.2) is 4.39 Å². The van der Waals surface area contributed by atoms with Crippen molar-refractivity contribution in [1.29, 1.82) is 5.26 Å². The molecule has 15 heavy (non-hydrogen) atoms. The van der Waals surface area contributed by atoms with Crippen LogP contribution in [0.1, 0.15) is 12.5 Å². The van der Waals surface area contributed by atoms with Crippen molar-refractivity contribution in [3.05, 3.63) is 29.6 Å². The summed E-state index contributed by atoms with van der Waals surface area (Å²) < 4.78 is 13.2. The fraction of sp³-hybridized carbons (Fsp3) is 0.364. The lowest BCUT2D eigenvalue weighted by molar-refractivity contribution is 0.624. The smallest absolute Gasteiger partial charge is 0.143 e. The Hall–Kier alpha value is -1.21. The molecule has 0 amide bonds. The third kappa shape index (κ3) is 3.45. The summed E-state index contributed by atoms with van der Waals surface area (Å²) >= 11 is 1.73. The van der Waals surface area contributed by atoms with Crippen molar-refractivity contribution >= 4 is 17.4 Å². The lowest BCUT2D eigenvalue weighted by atomic mass is 10.2. The predicted octanol–water partition coefficient (Wildman–Crippen LogP) is 2.86. The Morgan fingerprint density at radius 2 is 2.33 bits per heavy atom. The first kappa shape index (κ1) is 11.9. The van der Waals surface area contributed by atoms with Crippen LogP contribution in [0.4, 0.5) is 10.1 Å². The molecule has 1 N–H and O–H groups in total. The van der Waals surface area contributed by atoms with Crippen LogP contribution >= 0.6 is 11.8 Å². The van der Waals surface area contributed by atoms with E-state index < -0.39 is 5.82 Å². The summed E-state index contributed by atoms with van der Waals surface area (Å²) in [6, 6.07) is 6.65. The predicted molar refractivity (Wildman–Crippen MR) is 62.6 cm³/mol. The summed E-state index contributed by atoms with van der Waals surface area (Å²) in [5, 5.41) is 11.7. The van der Waals surface area contributed by atoms with E-state index in [-0.39, 0.29) is 11.6 Å². The van der Waals surface area contributed by atoms with Gasteiger partial charge in [0.15, 0.2) is 0 Å². The largest absolute Gasteiger partial charge is 0.382 e. The summed E-state index contributed by atoms with van der Waals surface area (Å²) in [5.74, 6) is 0.487. The minimum Gasteiger partial charge on any atom is -0.382 e. The molecule has 1 aromatic carbocycles. The summed E-state index contributed by atoms with van der Waals surface area (Å²) in [7, 11) is 0. The number of anilines is 1. The van der Waals surface area contributed by atoms with Gasteiger partial charge in [-0.3, -0.25) is 0 Å². The maximum absolute atomic E-state index is 13.2. The van der Waals surface area contributed by atoms with Gasteiger partial charge < -0.3 is 5.32 Å². The molecule has 0 saturated heterocycles. The molecule has 2 nitrogen and oxygen atoms in total. The molecule has 0 aliphatic heterocycles. The van der Waals surface area contributed by atoms with Gasteiger partial charge in [0, 0.05) is 17.5 Å².